The van der Waals surface area contributed by atoms with Crippen molar-refractivity contribution in [2.45, 2.75) is 19.4 Å². The first-order valence-electron chi connectivity index (χ1n) is 6.60. The predicted octanol–water partition coefficient (Wildman–Crippen LogP) is 3.33. The van der Waals surface area contributed by atoms with E-state index in [1.807, 2.05) is 6.07 Å². The lowest BCUT2D eigenvalue weighted by molar-refractivity contribution is 0.289. The Kier molecular flexibility index (Phi) is 3.27. The van der Waals surface area contributed by atoms with Crippen molar-refractivity contribution in [3.05, 3.63) is 53.6 Å². The first-order chi connectivity index (χ1) is 9.34. The van der Waals surface area contributed by atoms with Gasteiger partial charge in [0, 0.05) is 17.8 Å². The fourth-order valence-corrected chi connectivity index (χ4v) is 2.44. The van der Waals surface area contributed by atoms with Crippen LogP contribution < -0.4 is 10.1 Å². The van der Waals surface area contributed by atoms with E-state index in [1.165, 1.54) is 17.7 Å². The molecule has 0 saturated carbocycles. The lowest BCUT2D eigenvalue weighted by Gasteiger charge is -2.21. The zero-order valence-electron chi connectivity index (χ0n) is 10.7. The summed E-state index contributed by atoms with van der Waals surface area (Å²) >= 11 is 0. The highest BCUT2D eigenvalue weighted by Gasteiger charge is 2.12. The number of benzene rings is 2. The van der Waals surface area contributed by atoms with Crippen molar-refractivity contribution in [1.82, 2.24) is 0 Å². The molecule has 3 nitrogen and oxygen atoms in total. The van der Waals surface area contributed by atoms with Crippen LogP contribution in [0.1, 0.15) is 17.5 Å². The van der Waals surface area contributed by atoms with E-state index in [0.717, 1.165) is 18.5 Å². The third-order valence-electron chi connectivity index (χ3n) is 3.41. The van der Waals surface area contributed by atoms with E-state index in [4.69, 9.17) is 4.74 Å². The fraction of sp³-hybridized carbons (Fsp3) is 0.250. The van der Waals surface area contributed by atoms with Crippen LogP contribution >= 0.6 is 0 Å². The quantitative estimate of drug-likeness (QED) is 0.884. The summed E-state index contributed by atoms with van der Waals surface area (Å²) < 4.78 is 5.70. The number of fused-ring (bicyclic) bond motifs is 1. The summed E-state index contributed by atoms with van der Waals surface area (Å²) in [6.07, 6.45) is 2.30. The van der Waals surface area contributed by atoms with Gasteiger partial charge in [0.05, 0.1) is 0 Å². The molecular weight excluding hydrogens is 238 g/mol. The van der Waals surface area contributed by atoms with Gasteiger partial charge < -0.3 is 15.2 Å². The lowest BCUT2D eigenvalue weighted by Crippen LogP contribution is -2.14. The van der Waals surface area contributed by atoms with E-state index in [2.05, 4.69) is 23.5 Å². The number of rotatable bonds is 3. The van der Waals surface area contributed by atoms with E-state index < -0.39 is 0 Å². The molecule has 0 fully saturated rings. The molecule has 0 unspecified atom stereocenters. The summed E-state index contributed by atoms with van der Waals surface area (Å²) in [5, 5.41) is 13.1. The molecule has 0 atom stereocenters. The first-order valence-corrected chi connectivity index (χ1v) is 6.60. The molecule has 3 rings (SSSR count). The molecule has 0 aliphatic carbocycles. The topological polar surface area (TPSA) is 41.5 Å². The Morgan fingerprint density at radius 2 is 2.00 bits per heavy atom. The van der Waals surface area contributed by atoms with Crippen molar-refractivity contribution in [3.63, 3.8) is 0 Å². The van der Waals surface area contributed by atoms with E-state index in [9.17, 15) is 5.11 Å². The lowest BCUT2D eigenvalue weighted by atomic mass is 10.00. The van der Waals surface area contributed by atoms with Crippen LogP contribution in [0.4, 0.5) is 5.69 Å². The number of ether oxygens (including phenoxy) is 1. The third-order valence-corrected chi connectivity index (χ3v) is 3.41. The minimum Gasteiger partial charge on any atom is -0.504 e. The maximum atomic E-state index is 9.69. The number of hydrogen-bond acceptors (Lipinski definition) is 3. The molecule has 98 valence electrons. The van der Waals surface area contributed by atoms with Gasteiger partial charge in [-0.05, 0) is 30.5 Å². The van der Waals surface area contributed by atoms with Crippen LogP contribution in [0.5, 0.6) is 11.5 Å². The minimum atomic E-state index is 0.181. The number of aryl methyl sites for hydroxylation is 1. The van der Waals surface area contributed by atoms with Crippen molar-refractivity contribution >= 4 is 5.69 Å². The summed E-state index contributed by atoms with van der Waals surface area (Å²) in [6, 6.07) is 13.3. The van der Waals surface area contributed by atoms with Crippen molar-refractivity contribution in [3.8, 4) is 11.5 Å². The molecule has 2 N–H and O–H groups in total. The maximum absolute atomic E-state index is 9.69. The Bertz CT molecular complexity index is 581. The molecule has 0 spiro atoms. The van der Waals surface area contributed by atoms with Crippen molar-refractivity contribution in [2.24, 2.45) is 0 Å². The van der Waals surface area contributed by atoms with Gasteiger partial charge in [0.2, 0.25) is 0 Å². The van der Waals surface area contributed by atoms with Crippen LogP contribution in [0.2, 0.25) is 0 Å². The summed E-state index contributed by atoms with van der Waals surface area (Å²) in [7, 11) is 0. The fourth-order valence-electron chi connectivity index (χ4n) is 2.44. The molecule has 3 heteroatoms. The third kappa shape index (κ3) is 2.50. The molecule has 0 saturated heterocycles. The number of aromatic hydroxyl groups is 1. The molecule has 0 aromatic heterocycles. The second-order valence-corrected chi connectivity index (χ2v) is 4.74. The smallest absolute Gasteiger partial charge is 0.161 e. The van der Waals surface area contributed by atoms with Crippen LogP contribution in [0.25, 0.3) is 0 Å². The largest absolute Gasteiger partial charge is 0.504 e. The number of phenols is 1. The number of anilines is 1. The zero-order valence-corrected chi connectivity index (χ0v) is 10.7. The average molecular weight is 255 g/mol. The average Bonchev–Trinajstić information content (AvgIpc) is 2.46. The van der Waals surface area contributed by atoms with Crippen molar-refractivity contribution in [1.29, 1.82) is 0 Å². The van der Waals surface area contributed by atoms with Gasteiger partial charge >= 0.3 is 0 Å². The van der Waals surface area contributed by atoms with E-state index >= 15 is 0 Å². The normalized spacial score (nSPS) is 13.5. The molecule has 0 bridgehead atoms. The van der Waals surface area contributed by atoms with E-state index in [1.54, 1.807) is 18.2 Å². The molecule has 0 radical (unpaired) electrons. The molecule has 19 heavy (non-hydrogen) atoms. The zero-order chi connectivity index (χ0) is 13.1. The standard InChI is InChI=1S/C16H17NO2/c18-14-8-1-2-9-15(14)19-11-13-6-3-5-12-7-4-10-17-16(12)13/h1-3,5-6,8-9,17-18H,4,7,10-11H2. The molecule has 2 aromatic rings. The number of phenolic OH excluding ortho intramolecular Hbond substituents is 1. The molecular formula is C16H17NO2. The number of para-hydroxylation sites is 3. The maximum Gasteiger partial charge on any atom is 0.161 e. The van der Waals surface area contributed by atoms with Crippen LogP contribution in [-0.2, 0) is 13.0 Å². The number of hydrogen-bond donors (Lipinski definition) is 2. The molecule has 2 aromatic carbocycles. The van der Waals surface area contributed by atoms with Gasteiger partial charge in [-0.25, -0.2) is 0 Å². The molecule has 1 heterocycles. The number of nitrogens with one attached hydrogen (secondary N) is 1. The van der Waals surface area contributed by atoms with Gasteiger partial charge in [0.1, 0.15) is 6.61 Å². The van der Waals surface area contributed by atoms with Gasteiger partial charge in [0.15, 0.2) is 11.5 Å². The van der Waals surface area contributed by atoms with Crippen molar-refractivity contribution < 1.29 is 9.84 Å². The minimum absolute atomic E-state index is 0.181. The van der Waals surface area contributed by atoms with E-state index in [0.29, 0.717) is 12.4 Å². The van der Waals surface area contributed by atoms with Gasteiger partial charge in [-0.1, -0.05) is 30.3 Å². The second-order valence-electron chi connectivity index (χ2n) is 4.74. The monoisotopic (exact) mass is 255 g/mol. The van der Waals surface area contributed by atoms with Gasteiger partial charge in [-0.3, -0.25) is 0 Å². The molecule has 1 aliphatic rings. The van der Waals surface area contributed by atoms with Crippen LogP contribution in [0, 0.1) is 0 Å². The SMILES string of the molecule is Oc1ccccc1OCc1cccc2c1NCCC2. The Labute approximate surface area is 112 Å². The summed E-state index contributed by atoms with van der Waals surface area (Å²) in [5.74, 6) is 0.705. The summed E-state index contributed by atoms with van der Waals surface area (Å²) in [5.41, 5.74) is 3.69. The highest BCUT2D eigenvalue weighted by Crippen LogP contribution is 2.29. The first kappa shape index (κ1) is 11.9. The van der Waals surface area contributed by atoms with Crippen LogP contribution in [0.3, 0.4) is 0 Å². The Morgan fingerprint density at radius 3 is 2.89 bits per heavy atom. The Morgan fingerprint density at radius 1 is 1.11 bits per heavy atom. The highest BCUT2D eigenvalue weighted by molar-refractivity contribution is 5.59. The second kappa shape index (κ2) is 5.22. The Hall–Kier alpha value is -2.16. The summed E-state index contributed by atoms with van der Waals surface area (Å²) in [4.78, 5) is 0. The van der Waals surface area contributed by atoms with Crippen molar-refractivity contribution in [2.75, 3.05) is 11.9 Å². The van der Waals surface area contributed by atoms with Crippen LogP contribution in [-0.4, -0.2) is 11.7 Å². The Balaban J connectivity index is 1.79. The van der Waals surface area contributed by atoms with Gasteiger partial charge in [0.25, 0.3) is 0 Å². The van der Waals surface area contributed by atoms with Crippen LogP contribution in [0.15, 0.2) is 42.5 Å². The van der Waals surface area contributed by atoms with Gasteiger partial charge in [-0.2, -0.15) is 0 Å². The van der Waals surface area contributed by atoms with E-state index in [-0.39, 0.29) is 5.75 Å². The predicted molar refractivity (Wildman–Crippen MR) is 75.7 cm³/mol. The molecule has 1 aliphatic heterocycles. The molecule has 0 amide bonds. The summed E-state index contributed by atoms with van der Waals surface area (Å²) in [6.45, 7) is 1.48. The highest BCUT2D eigenvalue weighted by atomic mass is 16.5. The van der Waals surface area contributed by atoms with Gasteiger partial charge in [-0.15, -0.1) is 0 Å².